The molecule has 0 aliphatic heterocycles. The van der Waals surface area contributed by atoms with Gasteiger partial charge in [0.15, 0.2) is 0 Å². The number of carbonyl (C=O) groups is 1. The van der Waals surface area contributed by atoms with Crippen LogP contribution in [0.1, 0.15) is 71.4 Å². The van der Waals surface area contributed by atoms with Crippen LogP contribution in [0.15, 0.2) is 75.6 Å². The van der Waals surface area contributed by atoms with Gasteiger partial charge in [-0.1, -0.05) is 70.7 Å². The summed E-state index contributed by atoms with van der Waals surface area (Å²) >= 11 is 3.17. The maximum Gasteiger partial charge on any atom is 0.416 e. The minimum absolute atomic E-state index is 0.0437. The summed E-state index contributed by atoms with van der Waals surface area (Å²) in [5, 5.41) is 10.1. The molecule has 1 N–H and O–H groups in total. The van der Waals surface area contributed by atoms with Crippen molar-refractivity contribution in [2.24, 2.45) is 0 Å². The Hall–Kier alpha value is -3.68. The Morgan fingerprint density at radius 1 is 0.898 bits per heavy atom. The number of oxazole rings is 1. The summed E-state index contributed by atoms with van der Waals surface area (Å²) in [6.45, 7) is 3.08. The molecule has 1 aromatic heterocycles. The van der Waals surface area contributed by atoms with E-state index in [9.17, 15) is 36.2 Å². The second-order valence-electron chi connectivity index (χ2n) is 12.3. The Kier molecular flexibility index (Phi) is 10.9. The monoisotopic (exact) mass is 753 g/mol. The molecule has 262 valence electrons. The average Bonchev–Trinajstić information content (AvgIpc) is 3.41. The van der Waals surface area contributed by atoms with Crippen LogP contribution in [-0.4, -0.2) is 34.9 Å². The average molecular weight is 755 g/mol. The van der Waals surface area contributed by atoms with Gasteiger partial charge in [-0.3, -0.25) is 4.79 Å². The van der Waals surface area contributed by atoms with Crippen molar-refractivity contribution in [3.63, 3.8) is 0 Å². The Morgan fingerprint density at radius 3 is 2.20 bits per heavy atom. The lowest BCUT2D eigenvalue weighted by Crippen LogP contribution is -2.43. The van der Waals surface area contributed by atoms with Gasteiger partial charge in [-0.25, -0.2) is 4.98 Å². The number of hydrogen-bond acceptors (Lipinski definition) is 5. The molecule has 0 saturated heterocycles. The van der Waals surface area contributed by atoms with Gasteiger partial charge in [0, 0.05) is 10.0 Å². The molecule has 0 bridgehead atoms. The largest absolute Gasteiger partial charge is 0.481 e. The highest BCUT2D eigenvalue weighted by atomic mass is 79.9. The molecule has 3 atom stereocenters. The van der Waals surface area contributed by atoms with Crippen molar-refractivity contribution < 1.29 is 50.1 Å². The maximum absolute atomic E-state index is 14.5. The Balaban J connectivity index is 1.50. The Bertz CT molecular complexity index is 1790. The molecule has 4 aromatic rings. The van der Waals surface area contributed by atoms with Crippen LogP contribution in [0.3, 0.4) is 0 Å². The van der Waals surface area contributed by atoms with E-state index in [1.54, 1.807) is 6.92 Å². The molecule has 1 heterocycles. The molecule has 1 aliphatic carbocycles. The number of aromatic nitrogens is 1. The van der Waals surface area contributed by atoms with Crippen LogP contribution in [0.5, 0.6) is 0 Å². The fraction of sp³-hybridized carbons (Fsp3) is 0.389. The lowest BCUT2D eigenvalue weighted by Gasteiger charge is -2.39. The van der Waals surface area contributed by atoms with Gasteiger partial charge in [-0.05, 0) is 68.1 Å². The molecule has 3 unspecified atom stereocenters. The SMILES string of the molecule is Cc1cccc(-c2nc(COC3CCCCC3OCC(CC(=O)O)(c3cccc(C(F)(F)F)c3)c3c(Br)cccc3C(F)(F)F)c(C)o2)c1. The van der Waals surface area contributed by atoms with Crippen molar-refractivity contribution in [1.29, 1.82) is 0 Å². The summed E-state index contributed by atoms with van der Waals surface area (Å²) in [4.78, 5) is 17.0. The number of hydrogen-bond donors (Lipinski definition) is 1. The first-order valence-electron chi connectivity index (χ1n) is 15.6. The number of halogens is 7. The van der Waals surface area contributed by atoms with Crippen molar-refractivity contribution in [2.45, 2.75) is 82.5 Å². The number of carboxylic acids is 1. The fourth-order valence-electron chi connectivity index (χ4n) is 6.38. The zero-order valence-electron chi connectivity index (χ0n) is 26.6. The summed E-state index contributed by atoms with van der Waals surface area (Å²) in [5.74, 6) is -0.555. The molecule has 6 nitrogen and oxygen atoms in total. The number of alkyl halides is 6. The van der Waals surface area contributed by atoms with Gasteiger partial charge in [0.1, 0.15) is 11.5 Å². The topological polar surface area (TPSA) is 81.8 Å². The number of ether oxygens (including phenoxy) is 2. The zero-order chi connectivity index (χ0) is 35.6. The first-order valence-corrected chi connectivity index (χ1v) is 16.4. The van der Waals surface area contributed by atoms with Crippen LogP contribution in [0.25, 0.3) is 11.5 Å². The highest BCUT2D eigenvalue weighted by Crippen LogP contribution is 2.48. The van der Waals surface area contributed by atoms with Gasteiger partial charge in [0.25, 0.3) is 0 Å². The lowest BCUT2D eigenvalue weighted by molar-refractivity contribution is -0.144. The van der Waals surface area contributed by atoms with E-state index in [2.05, 4.69) is 20.9 Å². The molecule has 1 fully saturated rings. The van der Waals surface area contributed by atoms with Crippen LogP contribution in [0, 0.1) is 13.8 Å². The summed E-state index contributed by atoms with van der Waals surface area (Å²) < 4.78 is 104. The Labute approximate surface area is 287 Å². The van der Waals surface area contributed by atoms with Gasteiger partial charge in [-0.15, -0.1) is 0 Å². The van der Waals surface area contributed by atoms with E-state index in [0.29, 0.717) is 42.7 Å². The molecule has 49 heavy (non-hydrogen) atoms. The second-order valence-corrected chi connectivity index (χ2v) is 13.1. The minimum Gasteiger partial charge on any atom is -0.481 e. The number of carboxylic acid groups (broad SMARTS) is 1. The number of rotatable bonds is 11. The smallest absolute Gasteiger partial charge is 0.416 e. The van der Waals surface area contributed by atoms with E-state index in [1.807, 2.05) is 31.2 Å². The summed E-state index contributed by atoms with van der Waals surface area (Å²) in [6, 6.07) is 14.6. The molecule has 5 rings (SSSR count). The highest BCUT2D eigenvalue weighted by molar-refractivity contribution is 9.10. The van der Waals surface area contributed by atoms with Crippen LogP contribution >= 0.6 is 15.9 Å². The van der Waals surface area contributed by atoms with Crippen molar-refractivity contribution in [2.75, 3.05) is 6.61 Å². The molecular formula is C36H34BrF6NO5. The van der Waals surface area contributed by atoms with E-state index >= 15 is 0 Å². The highest BCUT2D eigenvalue weighted by Gasteiger charge is 2.47. The van der Waals surface area contributed by atoms with Gasteiger partial charge in [-0.2, -0.15) is 26.3 Å². The van der Waals surface area contributed by atoms with Gasteiger partial charge in [0.2, 0.25) is 5.89 Å². The van der Waals surface area contributed by atoms with Crippen molar-refractivity contribution in [1.82, 2.24) is 4.98 Å². The minimum atomic E-state index is -4.96. The third-order valence-electron chi connectivity index (χ3n) is 8.77. The van der Waals surface area contributed by atoms with Crippen LogP contribution in [0.4, 0.5) is 26.3 Å². The van der Waals surface area contributed by atoms with E-state index in [1.165, 1.54) is 12.1 Å². The maximum atomic E-state index is 14.5. The van der Waals surface area contributed by atoms with Gasteiger partial charge in [0.05, 0.1) is 48.4 Å². The summed E-state index contributed by atoms with van der Waals surface area (Å²) in [5.41, 5.74) is -2.94. The molecule has 0 radical (unpaired) electrons. The third kappa shape index (κ3) is 8.38. The van der Waals surface area contributed by atoms with E-state index in [-0.39, 0.29) is 16.6 Å². The molecule has 13 heteroatoms. The number of nitrogens with zero attached hydrogens (tertiary/aromatic N) is 1. The predicted molar refractivity (Wildman–Crippen MR) is 172 cm³/mol. The Morgan fingerprint density at radius 2 is 1.55 bits per heavy atom. The second kappa shape index (κ2) is 14.7. The lowest BCUT2D eigenvalue weighted by atomic mass is 9.70. The van der Waals surface area contributed by atoms with Crippen LogP contribution in [0.2, 0.25) is 0 Å². The number of aryl methyl sites for hydroxylation is 2. The van der Waals surface area contributed by atoms with E-state index < -0.39 is 65.7 Å². The van der Waals surface area contributed by atoms with Crippen molar-refractivity contribution >= 4 is 21.9 Å². The summed E-state index contributed by atoms with van der Waals surface area (Å²) in [7, 11) is 0. The molecule has 0 amide bonds. The molecule has 1 saturated carbocycles. The first kappa shape index (κ1) is 36.6. The van der Waals surface area contributed by atoms with Gasteiger partial charge >= 0.3 is 18.3 Å². The number of aliphatic carboxylic acids is 1. The normalized spacial score (nSPS) is 18.3. The van der Waals surface area contributed by atoms with E-state index in [4.69, 9.17) is 13.9 Å². The van der Waals surface area contributed by atoms with E-state index in [0.717, 1.165) is 41.8 Å². The quantitative estimate of drug-likeness (QED) is 0.154. The number of benzene rings is 3. The first-order chi connectivity index (χ1) is 23.1. The molecule has 0 spiro atoms. The predicted octanol–water partition coefficient (Wildman–Crippen LogP) is 10.1. The zero-order valence-corrected chi connectivity index (χ0v) is 28.2. The molecule has 3 aromatic carbocycles. The third-order valence-corrected chi connectivity index (χ3v) is 9.43. The van der Waals surface area contributed by atoms with Crippen LogP contribution < -0.4 is 0 Å². The van der Waals surface area contributed by atoms with Crippen molar-refractivity contribution in [3.05, 3.63) is 110 Å². The summed E-state index contributed by atoms with van der Waals surface area (Å²) in [6.07, 6.45) is -9.61. The molecule has 1 aliphatic rings. The van der Waals surface area contributed by atoms with Crippen molar-refractivity contribution in [3.8, 4) is 11.5 Å². The molecular weight excluding hydrogens is 720 g/mol. The van der Waals surface area contributed by atoms with Crippen LogP contribution in [-0.2, 0) is 38.6 Å². The van der Waals surface area contributed by atoms with Gasteiger partial charge < -0.3 is 19.0 Å². The standard InChI is InChI=1S/C36H34BrF6NO5/c1-21-8-5-9-23(16-21)33-44-28(22(2)49-33)19-47-29-14-3-4-15-30(29)48-20-34(18-31(45)46,24-10-6-11-25(17-24)35(38,39)40)32-26(36(41,42)43)12-7-13-27(32)37/h5-13,16-17,29-30H,3-4,14-15,18-20H2,1-2H3,(H,45,46). The fourth-order valence-corrected chi connectivity index (χ4v) is 7.13.